The fourth-order valence-electron chi connectivity index (χ4n) is 9.27. The molecule has 0 amide bonds. The summed E-state index contributed by atoms with van der Waals surface area (Å²) in [4.78, 5) is 38.2. The van der Waals surface area contributed by atoms with Gasteiger partial charge in [0.1, 0.15) is 13.2 Å². The number of allylic oxidation sites excluding steroid dienone is 14. The highest BCUT2D eigenvalue weighted by atomic mass is 16.6. The Balaban J connectivity index is 4.17. The first-order valence-electron chi connectivity index (χ1n) is 32.6. The van der Waals surface area contributed by atoms with Crippen molar-refractivity contribution in [2.24, 2.45) is 0 Å². The first-order chi connectivity index (χ1) is 37.5. The Hall–Kier alpha value is -3.41. The summed E-state index contributed by atoms with van der Waals surface area (Å²) in [5, 5.41) is 0. The van der Waals surface area contributed by atoms with Gasteiger partial charge in [0.25, 0.3) is 0 Å². The third-order valence-electron chi connectivity index (χ3n) is 14.1. The molecule has 0 rings (SSSR count). The van der Waals surface area contributed by atoms with E-state index in [-0.39, 0.29) is 31.1 Å². The van der Waals surface area contributed by atoms with Crippen LogP contribution in [0.5, 0.6) is 0 Å². The van der Waals surface area contributed by atoms with Crippen LogP contribution >= 0.6 is 0 Å². The molecule has 6 heteroatoms. The van der Waals surface area contributed by atoms with E-state index in [2.05, 4.69) is 106 Å². The Kier molecular flexibility index (Phi) is 61.2. The molecule has 0 N–H and O–H groups in total. The van der Waals surface area contributed by atoms with Crippen LogP contribution in [0.3, 0.4) is 0 Å². The van der Waals surface area contributed by atoms with Crippen molar-refractivity contribution in [1.82, 2.24) is 0 Å². The standard InChI is InChI=1S/C70H122O6/c1-4-7-10-13-16-19-21-23-25-27-29-31-33-34-35-36-38-39-41-43-45-47-49-51-54-57-60-63-69(72)75-66-67(65-74-68(71)62-59-56-53-18-15-12-9-6-3)76-70(73)64-61-58-55-52-50-48-46-44-42-40-37-32-30-28-26-24-22-20-17-14-11-8-5-2/h8,11,17,20-21,23-24,26-27,29-30,32,40,42,67H,4-7,9-10,12-16,18-19,22,25,28,31,33-39,41,43-66H2,1-3H3/b11-8-,20-17-,23-21-,26-24-,29-27-,32-30-,42-40-. The second kappa shape index (κ2) is 64.1. The van der Waals surface area contributed by atoms with E-state index in [4.69, 9.17) is 14.2 Å². The number of hydrogen-bond donors (Lipinski definition) is 0. The van der Waals surface area contributed by atoms with Gasteiger partial charge in [-0.25, -0.2) is 0 Å². The van der Waals surface area contributed by atoms with E-state index in [1.807, 2.05) is 0 Å². The van der Waals surface area contributed by atoms with Gasteiger partial charge in [-0.3, -0.25) is 14.4 Å². The monoisotopic (exact) mass is 1060 g/mol. The molecule has 6 nitrogen and oxygen atoms in total. The highest BCUT2D eigenvalue weighted by Gasteiger charge is 2.19. The third-order valence-corrected chi connectivity index (χ3v) is 14.1. The van der Waals surface area contributed by atoms with E-state index >= 15 is 0 Å². The van der Waals surface area contributed by atoms with Crippen LogP contribution in [0.25, 0.3) is 0 Å². The number of unbranched alkanes of at least 4 members (excludes halogenated alkanes) is 34. The van der Waals surface area contributed by atoms with Gasteiger partial charge in [-0.05, 0) is 96.3 Å². The molecule has 0 aliphatic rings. The molecule has 438 valence electrons. The molecule has 0 saturated heterocycles. The summed E-state index contributed by atoms with van der Waals surface area (Å²) in [5.74, 6) is -0.882. The molecule has 0 aromatic heterocycles. The number of hydrogen-bond acceptors (Lipinski definition) is 6. The van der Waals surface area contributed by atoms with Crippen molar-refractivity contribution >= 4 is 17.9 Å². The SMILES string of the molecule is CC/C=C\C/C=C\C/C=C\C/C=C\C/C=C\CCCCCCCCCC(=O)OC(COC(=O)CCCCCCCCCC)COC(=O)CCCCCCCCCCCCCCCCC/C=C\C/C=C\CCCCCCC. The van der Waals surface area contributed by atoms with Gasteiger partial charge in [0.2, 0.25) is 0 Å². The molecule has 1 unspecified atom stereocenters. The zero-order valence-corrected chi connectivity index (χ0v) is 50.3. The lowest BCUT2D eigenvalue weighted by Gasteiger charge is -2.18. The first-order valence-corrected chi connectivity index (χ1v) is 32.6. The Morgan fingerprint density at radius 2 is 0.513 bits per heavy atom. The van der Waals surface area contributed by atoms with Crippen LogP contribution in [0.1, 0.15) is 323 Å². The van der Waals surface area contributed by atoms with Gasteiger partial charge < -0.3 is 14.2 Å². The van der Waals surface area contributed by atoms with E-state index in [1.165, 1.54) is 180 Å². The van der Waals surface area contributed by atoms with E-state index in [0.717, 1.165) is 103 Å². The van der Waals surface area contributed by atoms with Crippen molar-refractivity contribution in [3.05, 3.63) is 85.1 Å². The maximum Gasteiger partial charge on any atom is 0.306 e. The van der Waals surface area contributed by atoms with Gasteiger partial charge in [0.05, 0.1) is 0 Å². The topological polar surface area (TPSA) is 78.9 Å². The lowest BCUT2D eigenvalue weighted by Crippen LogP contribution is -2.30. The van der Waals surface area contributed by atoms with Crippen molar-refractivity contribution in [3.8, 4) is 0 Å². The largest absolute Gasteiger partial charge is 0.462 e. The molecular formula is C70H122O6. The van der Waals surface area contributed by atoms with Crippen LogP contribution in [0.15, 0.2) is 85.1 Å². The third kappa shape index (κ3) is 61.4. The summed E-state index contributed by atoms with van der Waals surface area (Å²) < 4.78 is 16.9. The van der Waals surface area contributed by atoms with Crippen LogP contribution in [-0.4, -0.2) is 37.2 Å². The zero-order chi connectivity index (χ0) is 55.0. The number of ether oxygens (including phenoxy) is 3. The summed E-state index contributed by atoms with van der Waals surface area (Å²) in [6, 6.07) is 0. The van der Waals surface area contributed by atoms with Gasteiger partial charge in [-0.2, -0.15) is 0 Å². The van der Waals surface area contributed by atoms with E-state index < -0.39 is 6.10 Å². The molecule has 0 bridgehead atoms. The fraction of sp³-hybridized carbons (Fsp3) is 0.757. The second-order valence-corrected chi connectivity index (χ2v) is 21.6. The molecule has 0 fully saturated rings. The van der Waals surface area contributed by atoms with E-state index in [1.54, 1.807) is 0 Å². The van der Waals surface area contributed by atoms with Crippen LogP contribution in [0, 0.1) is 0 Å². The summed E-state index contributed by atoms with van der Waals surface area (Å²) >= 11 is 0. The van der Waals surface area contributed by atoms with Gasteiger partial charge >= 0.3 is 17.9 Å². The highest BCUT2D eigenvalue weighted by Crippen LogP contribution is 2.17. The summed E-state index contributed by atoms with van der Waals surface area (Å²) in [7, 11) is 0. The first kappa shape index (κ1) is 72.6. The molecular weight excluding hydrogens is 937 g/mol. The molecule has 0 aromatic rings. The maximum absolute atomic E-state index is 12.9. The van der Waals surface area contributed by atoms with Crippen LogP contribution in [-0.2, 0) is 28.6 Å². The maximum atomic E-state index is 12.9. The Bertz CT molecular complexity index is 1450. The normalized spacial score (nSPS) is 12.6. The van der Waals surface area contributed by atoms with Crippen molar-refractivity contribution < 1.29 is 28.6 Å². The fourth-order valence-corrected chi connectivity index (χ4v) is 9.27. The quantitative estimate of drug-likeness (QED) is 0.0261. The predicted octanol–water partition coefficient (Wildman–Crippen LogP) is 22.3. The van der Waals surface area contributed by atoms with Crippen LogP contribution in [0.4, 0.5) is 0 Å². The molecule has 0 aliphatic heterocycles. The zero-order valence-electron chi connectivity index (χ0n) is 50.3. The van der Waals surface area contributed by atoms with Gasteiger partial charge in [-0.15, -0.1) is 0 Å². The van der Waals surface area contributed by atoms with Crippen molar-refractivity contribution in [1.29, 1.82) is 0 Å². The lowest BCUT2D eigenvalue weighted by molar-refractivity contribution is -0.167. The molecule has 0 heterocycles. The molecule has 0 aliphatic carbocycles. The molecule has 0 aromatic carbocycles. The van der Waals surface area contributed by atoms with Crippen molar-refractivity contribution in [3.63, 3.8) is 0 Å². The lowest BCUT2D eigenvalue weighted by atomic mass is 10.0. The van der Waals surface area contributed by atoms with Gasteiger partial charge in [-0.1, -0.05) is 292 Å². The second-order valence-electron chi connectivity index (χ2n) is 21.6. The minimum absolute atomic E-state index is 0.0785. The van der Waals surface area contributed by atoms with E-state index in [0.29, 0.717) is 19.3 Å². The van der Waals surface area contributed by atoms with Crippen molar-refractivity contribution in [2.45, 2.75) is 329 Å². The molecule has 0 spiro atoms. The van der Waals surface area contributed by atoms with Crippen LogP contribution < -0.4 is 0 Å². The summed E-state index contributed by atoms with van der Waals surface area (Å²) in [6.45, 7) is 6.51. The van der Waals surface area contributed by atoms with Gasteiger partial charge in [0.15, 0.2) is 6.10 Å². The Labute approximate surface area is 471 Å². The minimum Gasteiger partial charge on any atom is -0.462 e. The van der Waals surface area contributed by atoms with Gasteiger partial charge in [0, 0.05) is 19.3 Å². The molecule has 1 atom stereocenters. The average molecular weight is 1060 g/mol. The smallest absolute Gasteiger partial charge is 0.306 e. The predicted molar refractivity (Wildman–Crippen MR) is 330 cm³/mol. The van der Waals surface area contributed by atoms with Crippen LogP contribution in [0.2, 0.25) is 0 Å². The summed E-state index contributed by atoms with van der Waals surface area (Å²) in [5.41, 5.74) is 0. The number of carbonyl (C=O) groups excluding carboxylic acids is 3. The molecule has 0 radical (unpaired) electrons. The van der Waals surface area contributed by atoms with E-state index in [9.17, 15) is 14.4 Å². The Morgan fingerprint density at radius 1 is 0.276 bits per heavy atom. The molecule has 76 heavy (non-hydrogen) atoms. The minimum atomic E-state index is -0.781. The highest BCUT2D eigenvalue weighted by molar-refractivity contribution is 5.71. The Morgan fingerprint density at radius 3 is 0.803 bits per heavy atom. The number of rotatable bonds is 59. The number of carbonyl (C=O) groups is 3. The average Bonchev–Trinajstić information content (AvgIpc) is 3.42. The number of esters is 3. The molecule has 0 saturated carbocycles. The summed E-state index contributed by atoms with van der Waals surface area (Å²) in [6.07, 6.45) is 84.7. The van der Waals surface area contributed by atoms with Crippen molar-refractivity contribution in [2.75, 3.05) is 13.2 Å².